The summed E-state index contributed by atoms with van der Waals surface area (Å²) in [5.41, 5.74) is 4.36. The fraction of sp³-hybridized carbons (Fsp3) is 0.778. The SMILES string of the molecule is COC(=O)C1(C(=O)CN)CCCC1. The lowest BCUT2D eigenvalue weighted by Gasteiger charge is -2.23. The van der Waals surface area contributed by atoms with Crippen molar-refractivity contribution < 1.29 is 14.3 Å². The van der Waals surface area contributed by atoms with E-state index in [2.05, 4.69) is 4.74 Å². The van der Waals surface area contributed by atoms with Gasteiger partial charge in [0, 0.05) is 0 Å². The molecule has 0 saturated heterocycles. The van der Waals surface area contributed by atoms with E-state index in [1.165, 1.54) is 7.11 Å². The Morgan fingerprint density at radius 2 is 1.92 bits per heavy atom. The third-order valence-electron chi connectivity index (χ3n) is 2.75. The van der Waals surface area contributed by atoms with Gasteiger partial charge in [-0.2, -0.15) is 0 Å². The Hall–Kier alpha value is -0.900. The van der Waals surface area contributed by atoms with E-state index in [4.69, 9.17) is 5.73 Å². The van der Waals surface area contributed by atoms with Crippen LogP contribution in [0.3, 0.4) is 0 Å². The second kappa shape index (κ2) is 3.87. The topological polar surface area (TPSA) is 69.4 Å². The van der Waals surface area contributed by atoms with Crippen molar-refractivity contribution in [3.63, 3.8) is 0 Å². The Morgan fingerprint density at radius 1 is 1.38 bits per heavy atom. The van der Waals surface area contributed by atoms with Crippen molar-refractivity contribution in [3.05, 3.63) is 0 Å². The maximum Gasteiger partial charge on any atom is 0.319 e. The average molecular weight is 185 g/mol. The summed E-state index contributed by atoms with van der Waals surface area (Å²) < 4.78 is 4.65. The van der Waals surface area contributed by atoms with E-state index in [-0.39, 0.29) is 12.3 Å². The van der Waals surface area contributed by atoms with Crippen LogP contribution in [0, 0.1) is 5.41 Å². The molecule has 13 heavy (non-hydrogen) atoms. The zero-order valence-corrected chi connectivity index (χ0v) is 7.84. The van der Waals surface area contributed by atoms with Gasteiger partial charge in [0.05, 0.1) is 13.7 Å². The monoisotopic (exact) mass is 185 g/mol. The van der Waals surface area contributed by atoms with E-state index < -0.39 is 11.4 Å². The van der Waals surface area contributed by atoms with Crippen molar-refractivity contribution in [2.75, 3.05) is 13.7 Å². The van der Waals surface area contributed by atoms with Crippen molar-refractivity contribution in [2.45, 2.75) is 25.7 Å². The molecule has 0 aromatic rings. The lowest BCUT2D eigenvalue weighted by Crippen LogP contribution is -2.41. The third-order valence-corrected chi connectivity index (χ3v) is 2.75. The third kappa shape index (κ3) is 1.58. The lowest BCUT2D eigenvalue weighted by molar-refractivity contribution is -0.157. The molecule has 0 amide bonds. The van der Waals surface area contributed by atoms with Crippen LogP contribution in [0.25, 0.3) is 0 Å². The molecule has 0 spiro atoms. The molecule has 4 nitrogen and oxygen atoms in total. The number of esters is 1. The van der Waals surface area contributed by atoms with Crippen LogP contribution in [-0.2, 0) is 14.3 Å². The minimum absolute atomic E-state index is 0.0743. The predicted octanol–water partition coefficient (Wildman–Crippen LogP) is 0.248. The molecule has 0 bridgehead atoms. The number of ketones is 1. The van der Waals surface area contributed by atoms with Crippen LogP contribution in [0.5, 0.6) is 0 Å². The van der Waals surface area contributed by atoms with Crippen molar-refractivity contribution in [1.29, 1.82) is 0 Å². The molecule has 1 fully saturated rings. The summed E-state index contributed by atoms with van der Waals surface area (Å²) in [7, 11) is 1.31. The Labute approximate surface area is 77.4 Å². The van der Waals surface area contributed by atoms with Crippen LogP contribution in [-0.4, -0.2) is 25.4 Å². The predicted molar refractivity (Wildman–Crippen MR) is 47.0 cm³/mol. The number of ether oxygens (including phenoxy) is 1. The zero-order chi connectivity index (χ0) is 9.90. The fourth-order valence-electron chi connectivity index (χ4n) is 1.97. The summed E-state index contributed by atoms with van der Waals surface area (Å²) in [4.78, 5) is 22.9. The van der Waals surface area contributed by atoms with Crippen molar-refractivity contribution in [3.8, 4) is 0 Å². The molecule has 0 heterocycles. The standard InChI is InChI=1S/C9H15NO3/c1-13-8(12)9(7(11)6-10)4-2-3-5-9/h2-6,10H2,1H3. The summed E-state index contributed by atoms with van der Waals surface area (Å²) in [6.07, 6.45) is 2.99. The first-order valence-corrected chi connectivity index (χ1v) is 4.49. The lowest BCUT2D eigenvalue weighted by atomic mass is 9.81. The highest BCUT2D eigenvalue weighted by Crippen LogP contribution is 2.39. The second-order valence-electron chi connectivity index (χ2n) is 3.41. The molecule has 1 aliphatic carbocycles. The highest BCUT2D eigenvalue weighted by Gasteiger charge is 2.47. The van der Waals surface area contributed by atoms with Gasteiger partial charge in [0.15, 0.2) is 5.78 Å². The van der Waals surface area contributed by atoms with Gasteiger partial charge in [-0.3, -0.25) is 9.59 Å². The first-order valence-electron chi connectivity index (χ1n) is 4.49. The minimum atomic E-state index is -0.913. The van der Waals surface area contributed by atoms with Crippen molar-refractivity contribution in [1.82, 2.24) is 0 Å². The van der Waals surface area contributed by atoms with Crippen LogP contribution in [0.4, 0.5) is 0 Å². The van der Waals surface area contributed by atoms with Crippen molar-refractivity contribution in [2.24, 2.45) is 11.1 Å². The fourth-order valence-corrected chi connectivity index (χ4v) is 1.97. The number of nitrogens with two attached hydrogens (primary N) is 1. The number of rotatable bonds is 3. The second-order valence-corrected chi connectivity index (χ2v) is 3.41. The smallest absolute Gasteiger partial charge is 0.319 e. The van der Waals surface area contributed by atoms with Crippen LogP contribution in [0.1, 0.15) is 25.7 Å². The molecular weight excluding hydrogens is 170 g/mol. The van der Waals surface area contributed by atoms with E-state index in [0.29, 0.717) is 12.8 Å². The van der Waals surface area contributed by atoms with Crippen LogP contribution in [0.2, 0.25) is 0 Å². The summed E-state index contributed by atoms with van der Waals surface area (Å²) in [6, 6.07) is 0. The summed E-state index contributed by atoms with van der Waals surface area (Å²) in [6.45, 7) is -0.0743. The van der Waals surface area contributed by atoms with Gasteiger partial charge in [0.1, 0.15) is 5.41 Å². The molecule has 0 aromatic heterocycles. The molecule has 1 rings (SSSR count). The first-order chi connectivity index (χ1) is 6.17. The number of hydrogen-bond acceptors (Lipinski definition) is 4. The molecule has 4 heteroatoms. The van der Waals surface area contributed by atoms with Gasteiger partial charge in [-0.25, -0.2) is 0 Å². The number of hydrogen-bond donors (Lipinski definition) is 1. The average Bonchev–Trinajstić information content (AvgIpc) is 2.65. The van der Waals surface area contributed by atoms with E-state index in [1.807, 2.05) is 0 Å². The van der Waals surface area contributed by atoms with Gasteiger partial charge >= 0.3 is 5.97 Å². The van der Waals surface area contributed by atoms with Gasteiger partial charge < -0.3 is 10.5 Å². The normalized spacial score (nSPS) is 19.8. The Balaban J connectivity index is 2.86. The molecule has 0 aliphatic heterocycles. The van der Waals surface area contributed by atoms with Crippen LogP contribution < -0.4 is 5.73 Å². The van der Waals surface area contributed by atoms with Gasteiger partial charge in [0.25, 0.3) is 0 Å². The molecule has 1 aliphatic rings. The summed E-state index contributed by atoms with van der Waals surface area (Å²) in [5, 5.41) is 0. The van der Waals surface area contributed by atoms with Gasteiger partial charge in [-0.05, 0) is 12.8 Å². The van der Waals surface area contributed by atoms with E-state index in [1.54, 1.807) is 0 Å². The van der Waals surface area contributed by atoms with Gasteiger partial charge in [-0.1, -0.05) is 12.8 Å². The molecule has 0 unspecified atom stereocenters. The maximum absolute atomic E-state index is 11.5. The van der Waals surface area contributed by atoms with Crippen LogP contribution in [0.15, 0.2) is 0 Å². The number of methoxy groups -OCH3 is 1. The maximum atomic E-state index is 11.5. The quantitative estimate of drug-likeness (QED) is 0.505. The summed E-state index contributed by atoms with van der Waals surface area (Å²) >= 11 is 0. The molecule has 2 N–H and O–H groups in total. The molecule has 0 radical (unpaired) electrons. The highest BCUT2D eigenvalue weighted by molar-refractivity contribution is 6.04. The number of carbonyl (C=O) groups excluding carboxylic acids is 2. The van der Waals surface area contributed by atoms with Crippen molar-refractivity contribution >= 4 is 11.8 Å². The molecular formula is C9H15NO3. The number of Topliss-reactive ketones (excluding diaryl/α,β-unsaturated/α-hetero) is 1. The first kappa shape index (κ1) is 10.2. The van der Waals surface area contributed by atoms with Crippen LogP contribution >= 0.6 is 0 Å². The van der Waals surface area contributed by atoms with Gasteiger partial charge in [-0.15, -0.1) is 0 Å². The molecule has 0 atom stereocenters. The van der Waals surface area contributed by atoms with E-state index in [0.717, 1.165) is 12.8 Å². The molecule has 74 valence electrons. The van der Waals surface area contributed by atoms with E-state index in [9.17, 15) is 9.59 Å². The summed E-state index contributed by atoms with van der Waals surface area (Å²) in [5.74, 6) is -0.600. The number of carbonyl (C=O) groups is 2. The molecule has 0 aromatic carbocycles. The Kier molecular flexibility index (Phi) is 3.03. The Morgan fingerprint density at radius 3 is 2.31 bits per heavy atom. The molecule has 1 saturated carbocycles. The highest BCUT2D eigenvalue weighted by atomic mass is 16.5. The van der Waals surface area contributed by atoms with Gasteiger partial charge in [0.2, 0.25) is 0 Å². The minimum Gasteiger partial charge on any atom is -0.468 e. The Bertz CT molecular complexity index is 201. The zero-order valence-electron chi connectivity index (χ0n) is 7.84. The van der Waals surface area contributed by atoms with E-state index >= 15 is 0 Å². The largest absolute Gasteiger partial charge is 0.468 e.